The molecular formula is C13H15N3O2. The zero-order valence-corrected chi connectivity index (χ0v) is 10.2. The lowest BCUT2D eigenvalue weighted by atomic mass is 10.2. The molecule has 0 spiro atoms. The fourth-order valence-electron chi connectivity index (χ4n) is 1.60. The van der Waals surface area contributed by atoms with E-state index in [-0.39, 0.29) is 5.97 Å². The molecule has 2 heterocycles. The summed E-state index contributed by atoms with van der Waals surface area (Å²) in [5.74, 6) is -0.377. The number of ether oxygens (including phenoxy) is 1. The molecule has 0 saturated carbocycles. The van der Waals surface area contributed by atoms with E-state index in [2.05, 4.69) is 9.97 Å². The van der Waals surface area contributed by atoms with Gasteiger partial charge in [-0.15, -0.1) is 0 Å². The van der Waals surface area contributed by atoms with Crippen molar-refractivity contribution in [2.24, 2.45) is 0 Å². The minimum Gasteiger partial charge on any atom is -0.461 e. The number of nitrogens with zero attached hydrogens (tertiary/aromatic N) is 3. The molecule has 0 aromatic carbocycles. The van der Waals surface area contributed by atoms with E-state index in [4.69, 9.17) is 4.74 Å². The molecule has 5 heteroatoms. The molecule has 94 valence electrons. The summed E-state index contributed by atoms with van der Waals surface area (Å²) < 4.78 is 6.75. The van der Waals surface area contributed by atoms with Crippen molar-refractivity contribution in [1.29, 1.82) is 0 Å². The number of aromatic nitrogens is 3. The highest BCUT2D eigenvalue weighted by Gasteiger charge is 2.09. The summed E-state index contributed by atoms with van der Waals surface area (Å²) in [4.78, 5) is 19.5. The highest BCUT2D eigenvalue weighted by Crippen LogP contribution is 2.03. The second-order valence-corrected chi connectivity index (χ2v) is 3.83. The molecule has 0 aliphatic carbocycles. The summed E-state index contributed by atoms with van der Waals surface area (Å²) in [7, 11) is 0. The fraction of sp³-hybridized carbons (Fsp3) is 0.308. The third kappa shape index (κ3) is 3.16. The first kappa shape index (κ1) is 12.3. The van der Waals surface area contributed by atoms with Crippen LogP contribution in [0.1, 0.15) is 23.0 Å². The molecule has 0 aliphatic heterocycles. The highest BCUT2D eigenvalue weighted by atomic mass is 16.5. The molecule has 2 aromatic rings. The molecule has 0 amide bonds. The van der Waals surface area contributed by atoms with Gasteiger partial charge in [0, 0.05) is 25.1 Å². The van der Waals surface area contributed by atoms with Crippen molar-refractivity contribution >= 4 is 5.97 Å². The Morgan fingerprint density at radius 1 is 1.50 bits per heavy atom. The van der Waals surface area contributed by atoms with Crippen LogP contribution in [-0.4, -0.2) is 27.1 Å². The van der Waals surface area contributed by atoms with Crippen LogP contribution in [0.25, 0.3) is 0 Å². The van der Waals surface area contributed by atoms with E-state index in [1.54, 1.807) is 25.6 Å². The standard InChI is InChI=1S/C13H15N3O2/c1-2-18-13(17)12-9-16(10-15-12)7-5-11-4-3-6-14-8-11/h3-4,6,8-10H,2,5,7H2,1H3. The number of esters is 1. The van der Waals surface area contributed by atoms with Crippen LogP contribution in [0.15, 0.2) is 37.1 Å². The summed E-state index contributed by atoms with van der Waals surface area (Å²) in [5, 5.41) is 0. The minimum atomic E-state index is -0.377. The minimum absolute atomic E-state index is 0.350. The maximum Gasteiger partial charge on any atom is 0.358 e. The van der Waals surface area contributed by atoms with Crippen molar-refractivity contribution in [2.75, 3.05) is 6.61 Å². The third-order valence-electron chi connectivity index (χ3n) is 2.50. The molecule has 0 unspecified atom stereocenters. The van der Waals surface area contributed by atoms with Crippen LogP contribution in [0.2, 0.25) is 0 Å². The van der Waals surface area contributed by atoms with Crippen LogP contribution in [0, 0.1) is 0 Å². The molecular weight excluding hydrogens is 230 g/mol. The normalized spacial score (nSPS) is 10.3. The Morgan fingerprint density at radius 2 is 2.39 bits per heavy atom. The molecule has 0 saturated heterocycles. The Kier molecular flexibility index (Phi) is 4.06. The zero-order valence-electron chi connectivity index (χ0n) is 10.2. The number of hydrogen-bond donors (Lipinski definition) is 0. The number of carbonyl (C=O) groups excluding carboxylic acids is 1. The average molecular weight is 245 g/mol. The van der Waals surface area contributed by atoms with Crippen LogP contribution in [0.5, 0.6) is 0 Å². The van der Waals surface area contributed by atoms with Crippen molar-refractivity contribution in [2.45, 2.75) is 19.9 Å². The summed E-state index contributed by atoms with van der Waals surface area (Å²) in [6.45, 7) is 2.90. The Labute approximate surface area is 105 Å². The van der Waals surface area contributed by atoms with Gasteiger partial charge in [-0.05, 0) is 25.0 Å². The Bertz CT molecular complexity index is 508. The van der Waals surface area contributed by atoms with Crippen molar-refractivity contribution in [3.05, 3.63) is 48.3 Å². The van der Waals surface area contributed by atoms with Gasteiger partial charge in [0.1, 0.15) is 0 Å². The van der Waals surface area contributed by atoms with E-state index in [9.17, 15) is 4.79 Å². The average Bonchev–Trinajstić information content (AvgIpc) is 2.87. The first-order valence-corrected chi connectivity index (χ1v) is 5.87. The quantitative estimate of drug-likeness (QED) is 0.752. The van der Waals surface area contributed by atoms with Gasteiger partial charge in [0.05, 0.1) is 12.9 Å². The van der Waals surface area contributed by atoms with Gasteiger partial charge in [-0.1, -0.05) is 6.07 Å². The van der Waals surface area contributed by atoms with Gasteiger partial charge in [-0.3, -0.25) is 4.98 Å². The molecule has 0 N–H and O–H groups in total. The number of rotatable bonds is 5. The first-order chi connectivity index (χ1) is 8.79. The van der Waals surface area contributed by atoms with Crippen LogP contribution in [0.3, 0.4) is 0 Å². The maximum atomic E-state index is 11.4. The van der Waals surface area contributed by atoms with Gasteiger partial charge in [-0.25, -0.2) is 9.78 Å². The fourth-order valence-corrected chi connectivity index (χ4v) is 1.60. The predicted octanol–water partition coefficient (Wildman–Crippen LogP) is 1.70. The lowest BCUT2D eigenvalue weighted by Crippen LogP contribution is -2.05. The molecule has 2 rings (SSSR count). The summed E-state index contributed by atoms with van der Waals surface area (Å²) in [5.41, 5.74) is 1.51. The second-order valence-electron chi connectivity index (χ2n) is 3.83. The maximum absolute atomic E-state index is 11.4. The second kappa shape index (κ2) is 5.95. The topological polar surface area (TPSA) is 57.0 Å². The number of aryl methyl sites for hydroxylation is 2. The predicted molar refractivity (Wildman–Crippen MR) is 66.1 cm³/mol. The largest absolute Gasteiger partial charge is 0.461 e. The van der Waals surface area contributed by atoms with Gasteiger partial charge in [-0.2, -0.15) is 0 Å². The van der Waals surface area contributed by atoms with E-state index < -0.39 is 0 Å². The number of imidazole rings is 1. The molecule has 0 bridgehead atoms. The molecule has 0 fully saturated rings. The van der Waals surface area contributed by atoms with Crippen LogP contribution in [-0.2, 0) is 17.7 Å². The number of carbonyl (C=O) groups is 1. The summed E-state index contributed by atoms with van der Waals surface area (Å²) in [6.07, 6.45) is 7.78. The highest BCUT2D eigenvalue weighted by molar-refractivity contribution is 5.86. The molecule has 0 atom stereocenters. The van der Waals surface area contributed by atoms with Crippen LogP contribution >= 0.6 is 0 Å². The molecule has 18 heavy (non-hydrogen) atoms. The summed E-state index contributed by atoms with van der Waals surface area (Å²) in [6, 6.07) is 3.93. The van der Waals surface area contributed by atoms with E-state index in [0.717, 1.165) is 18.5 Å². The van der Waals surface area contributed by atoms with E-state index in [0.29, 0.717) is 12.3 Å². The van der Waals surface area contributed by atoms with Crippen molar-refractivity contribution in [1.82, 2.24) is 14.5 Å². The van der Waals surface area contributed by atoms with Crippen LogP contribution in [0.4, 0.5) is 0 Å². The van der Waals surface area contributed by atoms with Gasteiger partial charge >= 0.3 is 5.97 Å². The summed E-state index contributed by atoms with van der Waals surface area (Å²) >= 11 is 0. The zero-order chi connectivity index (χ0) is 12.8. The lowest BCUT2D eigenvalue weighted by Gasteiger charge is -2.01. The van der Waals surface area contributed by atoms with Crippen LogP contribution < -0.4 is 0 Å². The van der Waals surface area contributed by atoms with Gasteiger partial charge in [0.25, 0.3) is 0 Å². The molecule has 0 aliphatic rings. The van der Waals surface area contributed by atoms with Crippen molar-refractivity contribution in [3.63, 3.8) is 0 Å². The van der Waals surface area contributed by atoms with Crippen molar-refractivity contribution in [3.8, 4) is 0 Å². The van der Waals surface area contributed by atoms with Gasteiger partial charge < -0.3 is 9.30 Å². The molecule has 2 aromatic heterocycles. The SMILES string of the molecule is CCOC(=O)c1cn(CCc2cccnc2)cn1. The van der Waals surface area contributed by atoms with Crippen molar-refractivity contribution < 1.29 is 9.53 Å². The van der Waals surface area contributed by atoms with Gasteiger partial charge in [0.2, 0.25) is 0 Å². The lowest BCUT2D eigenvalue weighted by molar-refractivity contribution is 0.0520. The Morgan fingerprint density at radius 3 is 3.11 bits per heavy atom. The molecule has 0 radical (unpaired) electrons. The third-order valence-corrected chi connectivity index (χ3v) is 2.50. The molecule has 5 nitrogen and oxygen atoms in total. The first-order valence-electron chi connectivity index (χ1n) is 5.87. The monoisotopic (exact) mass is 245 g/mol. The van der Waals surface area contributed by atoms with E-state index in [1.165, 1.54) is 0 Å². The number of pyridine rings is 1. The smallest absolute Gasteiger partial charge is 0.358 e. The Balaban J connectivity index is 1.93. The number of hydrogen-bond acceptors (Lipinski definition) is 4. The van der Waals surface area contributed by atoms with Gasteiger partial charge in [0.15, 0.2) is 5.69 Å². The Hall–Kier alpha value is -2.17. The van der Waals surface area contributed by atoms with E-state index >= 15 is 0 Å². The van der Waals surface area contributed by atoms with E-state index in [1.807, 2.05) is 22.9 Å².